The fourth-order valence-corrected chi connectivity index (χ4v) is 4.06. The highest BCUT2D eigenvalue weighted by molar-refractivity contribution is 7.99. The van der Waals surface area contributed by atoms with Gasteiger partial charge < -0.3 is 20.2 Å². The summed E-state index contributed by atoms with van der Waals surface area (Å²) in [4.78, 5) is 24.4. The maximum Gasteiger partial charge on any atom is 0.234 e. The maximum absolute atomic E-state index is 12.7. The van der Waals surface area contributed by atoms with Crippen LogP contribution in [0.1, 0.15) is 24.7 Å². The van der Waals surface area contributed by atoms with Gasteiger partial charge in [-0.05, 0) is 61.0 Å². The zero-order valence-electron chi connectivity index (χ0n) is 19.3. The maximum atomic E-state index is 12.7. The van der Waals surface area contributed by atoms with Crippen molar-refractivity contribution in [3.8, 4) is 17.1 Å². The highest BCUT2D eigenvalue weighted by atomic mass is 32.2. The summed E-state index contributed by atoms with van der Waals surface area (Å²) in [6.07, 6.45) is 1.97. The molecule has 0 aliphatic rings. The van der Waals surface area contributed by atoms with Gasteiger partial charge >= 0.3 is 0 Å². The number of nitrogens with one attached hydrogen (secondary N) is 2. The minimum Gasteiger partial charge on any atom is -0.508 e. The van der Waals surface area contributed by atoms with E-state index in [9.17, 15) is 14.7 Å². The van der Waals surface area contributed by atoms with Crippen molar-refractivity contribution in [2.24, 2.45) is 0 Å². The molecule has 180 valence electrons. The lowest BCUT2D eigenvalue weighted by atomic mass is 10.1. The molecule has 9 nitrogen and oxygen atoms in total. The third-order valence-corrected chi connectivity index (χ3v) is 6.15. The van der Waals surface area contributed by atoms with E-state index in [2.05, 4.69) is 20.8 Å². The lowest BCUT2D eigenvalue weighted by molar-refractivity contribution is -0.116. The highest BCUT2D eigenvalue weighted by Gasteiger charge is 2.17. The van der Waals surface area contributed by atoms with E-state index in [0.717, 1.165) is 16.9 Å². The molecule has 0 aliphatic heterocycles. The quantitative estimate of drug-likeness (QED) is 0.291. The van der Waals surface area contributed by atoms with Crippen LogP contribution in [0, 0.1) is 6.92 Å². The van der Waals surface area contributed by atoms with Crippen molar-refractivity contribution < 1.29 is 19.1 Å². The second-order valence-electron chi connectivity index (χ2n) is 7.79. The second kappa shape index (κ2) is 10.9. The Morgan fingerprint density at radius 1 is 1.06 bits per heavy atom. The Kier molecular flexibility index (Phi) is 7.51. The van der Waals surface area contributed by atoms with Crippen LogP contribution in [0.3, 0.4) is 0 Å². The normalized spacial score (nSPS) is 10.8. The monoisotopic (exact) mass is 491 g/mol. The number of aromatic hydroxyl groups is 1. The number of amides is 2. The van der Waals surface area contributed by atoms with Crippen LogP contribution >= 0.6 is 11.8 Å². The second-order valence-corrected chi connectivity index (χ2v) is 8.73. The molecule has 0 radical (unpaired) electrons. The van der Waals surface area contributed by atoms with E-state index in [4.69, 9.17) is 4.42 Å². The molecule has 2 heterocycles. The number of carbonyl (C=O) groups is 2. The van der Waals surface area contributed by atoms with Crippen LogP contribution in [0.15, 0.2) is 70.4 Å². The molecule has 0 fully saturated rings. The summed E-state index contributed by atoms with van der Waals surface area (Å²) in [5, 5.41) is 24.5. The van der Waals surface area contributed by atoms with Crippen LogP contribution in [0.2, 0.25) is 0 Å². The molecule has 0 atom stereocenters. The number of phenols is 1. The SMILES string of the molecule is CCC(=O)Nc1cc(NC(=O)CSc2nnc(-c3ccc(O)cc3)n2Cc2ccco2)ccc1C. The van der Waals surface area contributed by atoms with Gasteiger partial charge in [0.25, 0.3) is 0 Å². The van der Waals surface area contributed by atoms with Gasteiger partial charge in [0.1, 0.15) is 11.5 Å². The Hall–Kier alpha value is -4.05. The van der Waals surface area contributed by atoms with Gasteiger partial charge in [0, 0.05) is 23.4 Å². The average Bonchev–Trinajstić information content (AvgIpc) is 3.51. The number of hydrogen-bond donors (Lipinski definition) is 3. The van der Waals surface area contributed by atoms with Crippen LogP contribution < -0.4 is 10.6 Å². The van der Waals surface area contributed by atoms with Crippen molar-refractivity contribution in [3.05, 3.63) is 72.2 Å². The van der Waals surface area contributed by atoms with Gasteiger partial charge in [-0.1, -0.05) is 24.8 Å². The first kappa shape index (κ1) is 24.1. The molecule has 4 aromatic rings. The number of anilines is 2. The number of aromatic nitrogens is 3. The number of thioether (sulfide) groups is 1. The molecule has 2 aromatic heterocycles. The fourth-order valence-electron chi connectivity index (χ4n) is 3.32. The lowest BCUT2D eigenvalue weighted by Crippen LogP contribution is -2.16. The van der Waals surface area contributed by atoms with Gasteiger partial charge in [0.05, 0.1) is 18.6 Å². The van der Waals surface area contributed by atoms with Crippen molar-refractivity contribution in [1.29, 1.82) is 0 Å². The van der Waals surface area contributed by atoms with Crippen molar-refractivity contribution >= 4 is 35.0 Å². The zero-order chi connectivity index (χ0) is 24.8. The molecular weight excluding hydrogens is 466 g/mol. The van der Waals surface area contributed by atoms with Crippen LogP contribution in [0.25, 0.3) is 11.4 Å². The Bertz CT molecular complexity index is 1320. The first-order chi connectivity index (χ1) is 16.9. The van der Waals surface area contributed by atoms with Crippen molar-refractivity contribution in [2.75, 3.05) is 16.4 Å². The van der Waals surface area contributed by atoms with E-state index in [0.29, 0.717) is 35.3 Å². The van der Waals surface area contributed by atoms with E-state index in [1.54, 1.807) is 55.7 Å². The van der Waals surface area contributed by atoms with Gasteiger partial charge in [-0.3, -0.25) is 14.2 Å². The first-order valence-corrected chi connectivity index (χ1v) is 12.0. The Labute approximate surface area is 206 Å². The summed E-state index contributed by atoms with van der Waals surface area (Å²) in [6, 6.07) is 15.7. The van der Waals surface area contributed by atoms with Crippen LogP contribution in [-0.2, 0) is 16.1 Å². The summed E-state index contributed by atoms with van der Waals surface area (Å²) in [7, 11) is 0. The largest absolute Gasteiger partial charge is 0.508 e. The molecule has 0 aliphatic carbocycles. The van der Waals surface area contributed by atoms with Gasteiger partial charge in [-0.25, -0.2) is 0 Å². The number of nitrogens with zero attached hydrogens (tertiary/aromatic N) is 3. The van der Waals surface area contributed by atoms with Crippen LogP contribution in [0.5, 0.6) is 5.75 Å². The molecular formula is C25H25N5O4S. The third kappa shape index (κ3) is 6.10. The number of carbonyl (C=O) groups excluding carboxylic acids is 2. The smallest absolute Gasteiger partial charge is 0.234 e. The van der Waals surface area contributed by atoms with E-state index in [1.807, 2.05) is 23.6 Å². The number of benzene rings is 2. The first-order valence-electron chi connectivity index (χ1n) is 11.0. The van der Waals surface area contributed by atoms with Crippen molar-refractivity contribution in [2.45, 2.75) is 32.0 Å². The lowest BCUT2D eigenvalue weighted by Gasteiger charge is -2.11. The van der Waals surface area contributed by atoms with E-state index < -0.39 is 0 Å². The number of rotatable bonds is 9. The number of aryl methyl sites for hydroxylation is 1. The Morgan fingerprint density at radius 2 is 1.86 bits per heavy atom. The number of furan rings is 1. The van der Waals surface area contributed by atoms with Gasteiger partial charge in [-0.2, -0.15) is 0 Å². The molecule has 4 rings (SSSR count). The van der Waals surface area contributed by atoms with Crippen molar-refractivity contribution in [1.82, 2.24) is 14.8 Å². The van der Waals surface area contributed by atoms with Crippen LogP contribution in [0.4, 0.5) is 11.4 Å². The standard InChI is InChI=1S/C25H25N5O4S/c1-3-22(32)27-21-13-18(9-6-16(21)2)26-23(33)15-35-25-29-28-24(17-7-10-19(31)11-8-17)30(25)14-20-5-4-12-34-20/h4-13,31H,3,14-15H2,1-2H3,(H,26,33)(H,27,32). The number of hydrogen-bond acceptors (Lipinski definition) is 7. The van der Waals surface area contributed by atoms with E-state index in [-0.39, 0.29) is 23.3 Å². The summed E-state index contributed by atoms with van der Waals surface area (Å²) in [5.74, 6) is 1.27. The molecule has 0 bridgehead atoms. The molecule has 2 amide bonds. The minimum absolute atomic E-state index is 0.0903. The third-order valence-electron chi connectivity index (χ3n) is 5.19. The predicted molar refractivity (Wildman–Crippen MR) is 134 cm³/mol. The van der Waals surface area contributed by atoms with E-state index >= 15 is 0 Å². The molecule has 0 saturated carbocycles. The molecule has 3 N–H and O–H groups in total. The number of phenolic OH excluding ortho intramolecular Hbond substituents is 1. The molecule has 10 heteroatoms. The minimum atomic E-state index is -0.217. The highest BCUT2D eigenvalue weighted by Crippen LogP contribution is 2.27. The Balaban J connectivity index is 1.48. The average molecular weight is 492 g/mol. The predicted octanol–water partition coefficient (Wildman–Crippen LogP) is 4.68. The Morgan fingerprint density at radius 3 is 2.57 bits per heavy atom. The summed E-state index contributed by atoms with van der Waals surface area (Å²) in [5.41, 5.74) is 2.94. The summed E-state index contributed by atoms with van der Waals surface area (Å²) < 4.78 is 7.37. The van der Waals surface area contributed by atoms with Gasteiger partial charge in [0.2, 0.25) is 11.8 Å². The molecule has 35 heavy (non-hydrogen) atoms. The molecule has 0 saturated heterocycles. The molecule has 2 aromatic carbocycles. The summed E-state index contributed by atoms with van der Waals surface area (Å²) >= 11 is 1.25. The molecule has 0 unspecified atom stereocenters. The molecule has 0 spiro atoms. The summed E-state index contributed by atoms with van der Waals surface area (Å²) in [6.45, 7) is 4.06. The fraction of sp³-hybridized carbons (Fsp3) is 0.200. The topological polar surface area (TPSA) is 122 Å². The van der Waals surface area contributed by atoms with Gasteiger partial charge in [-0.15, -0.1) is 10.2 Å². The van der Waals surface area contributed by atoms with E-state index in [1.165, 1.54) is 11.8 Å². The zero-order valence-corrected chi connectivity index (χ0v) is 20.1. The van der Waals surface area contributed by atoms with Crippen molar-refractivity contribution in [3.63, 3.8) is 0 Å². The van der Waals surface area contributed by atoms with Gasteiger partial charge in [0.15, 0.2) is 11.0 Å². The van der Waals surface area contributed by atoms with Crippen LogP contribution in [-0.4, -0.2) is 37.4 Å².